The molecule has 3 aromatic carbocycles. The highest BCUT2D eigenvalue weighted by Gasteiger charge is 2.06. The normalized spacial score (nSPS) is 11.3. The molecular weight excluding hydrogens is 398 g/mol. The van der Waals surface area contributed by atoms with Crippen molar-refractivity contribution in [1.82, 2.24) is 5.32 Å². The number of carbonyl (C=O) groups is 1. The molecule has 0 spiro atoms. The number of hydrogen-bond donors (Lipinski definition) is 1. The van der Waals surface area contributed by atoms with E-state index < -0.39 is 0 Å². The van der Waals surface area contributed by atoms with Crippen LogP contribution < -0.4 is 15.5 Å². The number of rotatable bonds is 16. The Morgan fingerprint density at radius 3 is 2.16 bits per heavy atom. The van der Waals surface area contributed by atoms with Gasteiger partial charge >= 0.3 is 0 Å². The van der Waals surface area contributed by atoms with Crippen molar-refractivity contribution < 1.29 is 9.53 Å². The summed E-state index contributed by atoms with van der Waals surface area (Å²) < 4.78 is 5.40. The van der Waals surface area contributed by atoms with Crippen molar-refractivity contribution in [2.75, 3.05) is 7.11 Å². The first-order valence-corrected chi connectivity index (χ1v) is 12.2. The highest BCUT2D eigenvalue weighted by Crippen LogP contribution is 2.26. The fraction of sp³-hybridized carbons (Fsp3) is 0.500. The van der Waals surface area contributed by atoms with Crippen molar-refractivity contribution in [3.05, 3.63) is 63.8 Å². The van der Waals surface area contributed by atoms with E-state index in [0.717, 1.165) is 53.3 Å². The molecule has 0 heterocycles. The van der Waals surface area contributed by atoms with Crippen LogP contribution in [0, 0.1) is 0 Å². The van der Waals surface area contributed by atoms with Crippen molar-refractivity contribution in [3.63, 3.8) is 0 Å². The zero-order valence-corrected chi connectivity index (χ0v) is 19.5. The van der Waals surface area contributed by atoms with Gasteiger partial charge in [-0.1, -0.05) is 75.6 Å². The van der Waals surface area contributed by atoms with Gasteiger partial charge in [0.05, 0.1) is 7.11 Å². The number of hydrogen-bond acceptors (Lipinski definition) is 3. The van der Waals surface area contributed by atoms with Crippen molar-refractivity contribution in [2.24, 2.45) is 0 Å². The molecule has 0 radical (unpaired) electrons. The SMILES string of the molecule is COc1cccc2cc(CNC(=O)CCCCCCCCCCCCc3cc3=O)ccc12. The van der Waals surface area contributed by atoms with E-state index in [1.54, 1.807) is 13.2 Å². The lowest BCUT2D eigenvalue weighted by Crippen LogP contribution is -2.22. The topological polar surface area (TPSA) is 55.4 Å². The molecule has 0 saturated heterocycles. The van der Waals surface area contributed by atoms with E-state index in [4.69, 9.17) is 4.74 Å². The van der Waals surface area contributed by atoms with Crippen LogP contribution in [0.2, 0.25) is 0 Å². The van der Waals surface area contributed by atoms with E-state index in [1.165, 1.54) is 44.9 Å². The number of carbonyl (C=O) groups excluding carboxylic acids is 1. The highest BCUT2D eigenvalue weighted by molar-refractivity contribution is 5.89. The summed E-state index contributed by atoms with van der Waals surface area (Å²) in [7, 11) is 1.69. The Labute approximate surface area is 192 Å². The zero-order valence-electron chi connectivity index (χ0n) is 19.5. The first kappa shape index (κ1) is 24.0. The first-order valence-electron chi connectivity index (χ1n) is 12.2. The number of methoxy groups -OCH3 is 1. The molecule has 0 atom stereocenters. The van der Waals surface area contributed by atoms with Gasteiger partial charge in [-0.05, 0) is 48.4 Å². The lowest BCUT2D eigenvalue weighted by Gasteiger charge is -2.09. The second-order valence-corrected chi connectivity index (χ2v) is 8.86. The van der Waals surface area contributed by atoms with Gasteiger partial charge in [-0.2, -0.15) is 0 Å². The van der Waals surface area contributed by atoms with Gasteiger partial charge in [0.15, 0.2) is 5.43 Å². The summed E-state index contributed by atoms with van der Waals surface area (Å²) in [5, 5.41) is 5.27. The van der Waals surface area contributed by atoms with Gasteiger partial charge < -0.3 is 10.1 Å². The molecule has 0 aromatic heterocycles. The van der Waals surface area contributed by atoms with E-state index in [1.807, 2.05) is 12.1 Å². The predicted molar refractivity (Wildman–Crippen MR) is 132 cm³/mol. The summed E-state index contributed by atoms with van der Waals surface area (Å²) in [6.07, 6.45) is 13.8. The third kappa shape index (κ3) is 8.14. The zero-order chi connectivity index (χ0) is 22.6. The molecule has 172 valence electrons. The molecule has 0 bridgehead atoms. The largest absolute Gasteiger partial charge is 0.496 e. The molecule has 4 nitrogen and oxygen atoms in total. The van der Waals surface area contributed by atoms with Crippen molar-refractivity contribution in [3.8, 4) is 5.75 Å². The van der Waals surface area contributed by atoms with Crippen molar-refractivity contribution in [1.29, 1.82) is 0 Å². The number of ether oxygens (including phenoxy) is 1. The minimum Gasteiger partial charge on any atom is -0.496 e. The molecular formula is C28H37NO3. The fourth-order valence-electron chi connectivity index (χ4n) is 4.21. The Kier molecular flexibility index (Phi) is 9.80. The summed E-state index contributed by atoms with van der Waals surface area (Å²) in [6.45, 7) is 0.569. The molecule has 0 aliphatic rings. The van der Waals surface area contributed by atoms with E-state index in [-0.39, 0.29) is 11.3 Å². The lowest BCUT2D eigenvalue weighted by atomic mass is 10.0. The maximum atomic E-state index is 12.2. The van der Waals surface area contributed by atoms with Gasteiger partial charge in [0.1, 0.15) is 5.75 Å². The van der Waals surface area contributed by atoms with Crippen molar-refractivity contribution in [2.45, 2.75) is 83.6 Å². The van der Waals surface area contributed by atoms with Gasteiger partial charge in [0.2, 0.25) is 5.91 Å². The molecule has 0 unspecified atom stereocenters. The summed E-state index contributed by atoms with van der Waals surface area (Å²) in [4.78, 5) is 23.0. The lowest BCUT2D eigenvalue weighted by molar-refractivity contribution is -0.121. The maximum absolute atomic E-state index is 12.2. The Morgan fingerprint density at radius 1 is 0.844 bits per heavy atom. The van der Waals surface area contributed by atoms with Crippen LogP contribution in [0.4, 0.5) is 0 Å². The number of aryl methyl sites for hydroxylation is 1. The molecule has 0 saturated carbocycles. The molecule has 0 fully saturated rings. The minimum atomic E-state index is 0.138. The number of benzene rings is 2. The van der Waals surface area contributed by atoms with Crippen LogP contribution in [0.1, 0.15) is 81.8 Å². The maximum Gasteiger partial charge on any atom is 0.220 e. The quantitative estimate of drug-likeness (QED) is 0.271. The van der Waals surface area contributed by atoms with Gasteiger partial charge in [0, 0.05) is 23.9 Å². The molecule has 1 amide bonds. The summed E-state index contributed by atoms with van der Waals surface area (Å²) in [6, 6.07) is 14.0. The van der Waals surface area contributed by atoms with Crippen molar-refractivity contribution >= 4 is 16.7 Å². The van der Waals surface area contributed by atoms with E-state index in [9.17, 15) is 9.59 Å². The molecule has 1 N–H and O–H groups in total. The van der Waals surface area contributed by atoms with E-state index >= 15 is 0 Å². The summed E-state index contributed by atoms with van der Waals surface area (Å²) >= 11 is 0. The number of amides is 1. The Bertz CT molecular complexity index is 984. The van der Waals surface area contributed by atoms with E-state index in [2.05, 4.69) is 29.6 Å². The molecule has 0 aliphatic carbocycles. The monoisotopic (exact) mass is 435 g/mol. The molecule has 0 aliphatic heterocycles. The molecule has 32 heavy (non-hydrogen) atoms. The van der Waals surface area contributed by atoms with Crippen LogP contribution in [-0.4, -0.2) is 13.0 Å². The number of nitrogens with one attached hydrogen (secondary N) is 1. The average Bonchev–Trinajstić information content (AvgIpc) is 3.52. The van der Waals surface area contributed by atoms with Gasteiger partial charge in [-0.3, -0.25) is 9.59 Å². The average molecular weight is 436 g/mol. The van der Waals surface area contributed by atoms with Crippen LogP contribution in [0.25, 0.3) is 10.8 Å². The summed E-state index contributed by atoms with van der Waals surface area (Å²) in [5.74, 6) is 1.01. The van der Waals surface area contributed by atoms with Crippen LogP contribution >= 0.6 is 0 Å². The fourth-order valence-corrected chi connectivity index (χ4v) is 4.21. The van der Waals surface area contributed by atoms with Gasteiger partial charge in [-0.25, -0.2) is 0 Å². The smallest absolute Gasteiger partial charge is 0.220 e. The Hall–Kier alpha value is -2.62. The third-order valence-electron chi connectivity index (χ3n) is 6.25. The Balaban J connectivity index is 1.17. The van der Waals surface area contributed by atoms with Gasteiger partial charge in [0.25, 0.3) is 0 Å². The number of unbranched alkanes of at least 4 members (excludes halogenated alkanes) is 9. The van der Waals surface area contributed by atoms with Crippen LogP contribution in [0.5, 0.6) is 5.75 Å². The second-order valence-electron chi connectivity index (χ2n) is 8.86. The Morgan fingerprint density at radius 2 is 1.50 bits per heavy atom. The minimum absolute atomic E-state index is 0.138. The first-order chi connectivity index (χ1) is 15.7. The molecule has 4 heteroatoms. The summed E-state index contributed by atoms with van der Waals surface area (Å²) in [5.41, 5.74) is 2.43. The van der Waals surface area contributed by atoms with Crippen LogP contribution in [0.3, 0.4) is 0 Å². The van der Waals surface area contributed by atoms with Crippen LogP contribution in [0.15, 0.2) is 47.3 Å². The van der Waals surface area contributed by atoms with E-state index in [0.29, 0.717) is 13.0 Å². The standard InChI is InChI=1S/C28H37NO3/c1-32-27-15-12-14-23-19-22(17-18-25(23)27)21-29-28(31)16-11-9-7-5-3-2-4-6-8-10-13-24-20-26(24)30/h12,14-15,17-20H,2-11,13,16,21H2,1H3,(H,29,31). The third-order valence-corrected chi connectivity index (χ3v) is 6.25. The highest BCUT2D eigenvalue weighted by atomic mass is 16.5. The second kappa shape index (κ2) is 13.0. The molecule has 3 rings (SSSR count). The van der Waals surface area contributed by atoms with Gasteiger partial charge in [-0.15, -0.1) is 0 Å². The molecule has 3 aromatic rings. The number of fused-ring (bicyclic) bond motifs is 1. The predicted octanol–water partition coefficient (Wildman–Crippen LogP) is 6.23. The van der Waals surface area contributed by atoms with Crippen LogP contribution in [-0.2, 0) is 17.8 Å².